The van der Waals surface area contributed by atoms with E-state index in [1.165, 1.54) is 23.8 Å². The van der Waals surface area contributed by atoms with Gasteiger partial charge in [-0.1, -0.05) is 25.1 Å². The molecule has 3 saturated carbocycles. The van der Waals surface area contributed by atoms with Gasteiger partial charge in [-0.05, 0) is 61.9 Å². The van der Waals surface area contributed by atoms with E-state index in [1.54, 1.807) is 0 Å². The number of hydrogen-bond donors (Lipinski definition) is 0. The van der Waals surface area contributed by atoms with Crippen molar-refractivity contribution in [3.8, 4) is 0 Å². The van der Waals surface area contributed by atoms with E-state index in [4.69, 9.17) is 13.7 Å². The van der Waals surface area contributed by atoms with Gasteiger partial charge in [0.05, 0.1) is 18.0 Å². The summed E-state index contributed by atoms with van der Waals surface area (Å²) in [4.78, 5) is 0. The largest absolute Gasteiger partial charge is 0.464 e. The molecule has 1 aromatic carbocycles. The first-order chi connectivity index (χ1) is 11.1. The van der Waals surface area contributed by atoms with Gasteiger partial charge >= 0.3 is 7.12 Å². The Hall–Kier alpha value is -1.26. The van der Waals surface area contributed by atoms with E-state index in [2.05, 4.69) is 26.0 Å². The van der Waals surface area contributed by atoms with Gasteiger partial charge in [-0.3, -0.25) is 0 Å². The Labute approximate surface area is 137 Å². The number of hydrogen-bond acceptors (Lipinski definition) is 3. The fraction of sp³-hybridized carbons (Fsp3) is 0.579. The molecule has 2 bridgehead atoms. The van der Waals surface area contributed by atoms with Crippen molar-refractivity contribution < 1.29 is 13.7 Å². The van der Waals surface area contributed by atoms with Crippen molar-refractivity contribution >= 4 is 18.1 Å². The standard InChI is InChI=1S/C19H23BO3/c1-12-14-9-16(12)19(2)18(10-14)22-20(23-19)8-7-13-11-21-17-6-4-3-5-15(13)17/h3-6,11-12,14,16,18H,7-10H2,1-2H3/t12-,14+,16+,18-,19+/m1/s1. The molecule has 4 heteroatoms. The first kappa shape index (κ1) is 14.1. The van der Waals surface area contributed by atoms with Crippen molar-refractivity contribution in [3.05, 3.63) is 36.1 Å². The molecular weight excluding hydrogens is 287 g/mol. The van der Waals surface area contributed by atoms with E-state index < -0.39 is 0 Å². The molecule has 23 heavy (non-hydrogen) atoms. The molecule has 2 heterocycles. The highest BCUT2D eigenvalue weighted by Gasteiger charge is 2.63. The van der Waals surface area contributed by atoms with Gasteiger partial charge in [-0.25, -0.2) is 0 Å². The second kappa shape index (κ2) is 4.87. The van der Waals surface area contributed by atoms with Crippen LogP contribution < -0.4 is 0 Å². The Balaban J connectivity index is 1.29. The molecule has 0 amide bonds. The Bertz CT molecular complexity index is 741. The molecule has 3 aliphatic carbocycles. The molecule has 120 valence electrons. The van der Waals surface area contributed by atoms with Gasteiger partial charge in [0.25, 0.3) is 0 Å². The summed E-state index contributed by atoms with van der Waals surface area (Å²) in [7, 11) is -0.0646. The van der Waals surface area contributed by atoms with Crippen LogP contribution in [0, 0.1) is 17.8 Å². The molecule has 0 N–H and O–H groups in total. The third kappa shape index (κ3) is 1.98. The maximum absolute atomic E-state index is 6.43. The van der Waals surface area contributed by atoms with Gasteiger partial charge in [-0.15, -0.1) is 0 Å². The first-order valence-corrected chi connectivity index (χ1v) is 8.93. The summed E-state index contributed by atoms with van der Waals surface area (Å²) in [5.41, 5.74) is 2.16. The molecule has 0 unspecified atom stereocenters. The van der Waals surface area contributed by atoms with Crippen LogP contribution in [0.4, 0.5) is 0 Å². The SMILES string of the molecule is C[C@@H]1[C@@H]2C[C@H]3OB(CCc4coc5ccccc45)O[C@@]3(C)[C@H]1C2. The molecule has 4 aliphatic rings. The highest BCUT2D eigenvalue weighted by Crippen LogP contribution is 2.59. The van der Waals surface area contributed by atoms with Crippen LogP contribution in [0.2, 0.25) is 6.32 Å². The summed E-state index contributed by atoms with van der Waals surface area (Å²) in [5, 5.41) is 1.21. The molecule has 2 aromatic rings. The molecular formula is C19H23BO3. The molecule has 0 spiro atoms. The number of rotatable bonds is 3. The van der Waals surface area contributed by atoms with Crippen molar-refractivity contribution in [1.82, 2.24) is 0 Å². The predicted molar refractivity (Wildman–Crippen MR) is 90.2 cm³/mol. The van der Waals surface area contributed by atoms with Crippen molar-refractivity contribution in [3.63, 3.8) is 0 Å². The van der Waals surface area contributed by atoms with Crippen molar-refractivity contribution in [2.24, 2.45) is 17.8 Å². The summed E-state index contributed by atoms with van der Waals surface area (Å²) in [6.07, 6.45) is 6.53. The van der Waals surface area contributed by atoms with E-state index in [1.807, 2.05) is 18.4 Å². The Morgan fingerprint density at radius 3 is 3.00 bits per heavy atom. The van der Waals surface area contributed by atoms with Gasteiger partial charge in [0.1, 0.15) is 5.58 Å². The van der Waals surface area contributed by atoms with Gasteiger partial charge in [-0.2, -0.15) is 0 Å². The number of fused-ring (bicyclic) bond motifs is 1. The van der Waals surface area contributed by atoms with Crippen LogP contribution in [-0.4, -0.2) is 18.8 Å². The van der Waals surface area contributed by atoms with E-state index in [0.717, 1.165) is 30.2 Å². The molecule has 1 aromatic heterocycles. The minimum Gasteiger partial charge on any atom is -0.464 e. The zero-order valence-corrected chi connectivity index (χ0v) is 13.8. The van der Waals surface area contributed by atoms with Crippen LogP contribution in [-0.2, 0) is 15.7 Å². The van der Waals surface area contributed by atoms with Crippen LogP contribution in [0.1, 0.15) is 32.3 Å². The number of para-hydroxylation sites is 1. The number of aryl methyl sites for hydroxylation is 1. The van der Waals surface area contributed by atoms with E-state index >= 15 is 0 Å². The number of benzene rings is 1. The third-order valence-electron chi connectivity index (χ3n) is 6.74. The fourth-order valence-corrected chi connectivity index (χ4v) is 5.18. The predicted octanol–water partition coefficient (Wildman–Crippen LogP) is 4.31. The molecule has 4 fully saturated rings. The normalized spacial score (nSPS) is 38.6. The summed E-state index contributed by atoms with van der Waals surface area (Å²) >= 11 is 0. The van der Waals surface area contributed by atoms with Crippen molar-refractivity contribution in [2.45, 2.75) is 51.1 Å². The van der Waals surface area contributed by atoms with Crippen LogP contribution in [0.3, 0.4) is 0 Å². The molecule has 1 aliphatic heterocycles. The highest BCUT2D eigenvalue weighted by atomic mass is 16.7. The Morgan fingerprint density at radius 2 is 2.13 bits per heavy atom. The molecule has 3 nitrogen and oxygen atoms in total. The summed E-state index contributed by atoms with van der Waals surface area (Å²) < 4.78 is 18.3. The van der Waals surface area contributed by atoms with Gasteiger partial charge in [0.2, 0.25) is 0 Å². The molecule has 6 rings (SSSR count). The average Bonchev–Trinajstić information content (AvgIpc) is 3.11. The lowest BCUT2D eigenvalue weighted by atomic mass is 9.51. The lowest BCUT2D eigenvalue weighted by Crippen LogP contribution is -2.60. The topological polar surface area (TPSA) is 31.6 Å². The second-order valence-corrected chi connectivity index (χ2v) is 7.85. The minimum atomic E-state index is -0.0646. The van der Waals surface area contributed by atoms with E-state index in [0.29, 0.717) is 12.0 Å². The highest BCUT2D eigenvalue weighted by molar-refractivity contribution is 6.45. The third-order valence-corrected chi connectivity index (χ3v) is 6.74. The van der Waals surface area contributed by atoms with E-state index in [-0.39, 0.29) is 12.7 Å². The fourth-order valence-electron chi connectivity index (χ4n) is 5.18. The second-order valence-electron chi connectivity index (χ2n) is 7.85. The van der Waals surface area contributed by atoms with Crippen LogP contribution in [0.5, 0.6) is 0 Å². The maximum atomic E-state index is 6.43. The van der Waals surface area contributed by atoms with Crippen molar-refractivity contribution in [2.75, 3.05) is 0 Å². The zero-order chi connectivity index (χ0) is 15.6. The lowest BCUT2D eigenvalue weighted by Gasteiger charge is -2.58. The maximum Gasteiger partial charge on any atom is 0.457 e. The van der Waals surface area contributed by atoms with Gasteiger partial charge in [0, 0.05) is 5.39 Å². The lowest BCUT2D eigenvalue weighted by molar-refractivity contribution is -0.151. The Morgan fingerprint density at radius 1 is 1.26 bits per heavy atom. The Kier molecular flexibility index (Phi) is 2.99. The molecule has 5 atom stereocenters. The molecule has 0 radical (unpaired) electrons. The minimum absolute atomic E-state index is 0.0582. The average molecular weight is 310 g/mol. The van der Waals surface area contributed by atoms with Crippen LogP contribution in [0.15, 0.2) is 34.9 Å². The summed E-state index contributed by atoms with van der Waals surface area (Å²) in [6.45, 7) is 4.66. The summed E-state index contributed by atoms with van der Waals surface area (Å²) in [6, 6.07) is 8.22. The van der Waals surface area contributed by atoms with Crippen LogP contribution in [0.25, 0.3) is 11.0 Å². The smallest absolute Gasteiger partial charge is 0.457 e. The monoisotopic (exact) mass is 310 g/mol. The zero-order valence-electron chi connectivity index (χ0n) is 13.8. The van der Waals surface area contributed by atoms with Crippen LogP contribution >= 0.6 is 0 Å². The number of furan rings is 1. The first-order valence-electron chi connectivity index (χ1n) is 8.93. The summed E-state index contributed by atoms with van der Waals surface area (Å²) in [5.74, 6) is 2.35. The molecule has 1 saturated heterocycles. The van der Waals surface area contributed by atoms with Gasteiger partial charge < -0.3 is 13.7 Å². The van der Waals surface area contributed by atoms with Gasteiger partial charge in [0.15, 0.2) is 0 Å². The quantitative estimate of drug-likeness (QED) is 0.792. The van der Waals surface area contributed by atoms with Crippen molar-refractivity contribution in [1.29, 1.82) is 0 Å². The van der Waals surface area contributed by atoms with E-state index in [9.17, 15) is 0 Å².